The number of aromatic nitrogens is 2. The van der Waals surface area contributed by atoms with Crippen LogP contribution in [0.2, 0.25) is 0 Å². The Morgan fingerprint density at radius 2 is 1.89 bits per heavy atom. The summed E-state index contributed by atoms with van der Waals surface area (Å²) in [6, 6.07) is 17.5. The molecule has 0 spiro atoms. The molecule has 27 heavy (non-hydrogen) atoms. The fourth-order valence-corrected chi connectivity index (χ4v) is 3.45. The van der Waals surface area contributed by atoms with E-state index in [1.807, 2.05) is 60.0 Å². The molecule has 0 aliphatic heterocycles. The number of fused-ring (bicyclic) bond motifs is 1. The number of imidazole rings is 1. The van der Waals surface area contributed by atoms with Gasteiger partial charge < -0.3 is 5.32 Å². The van der Waals surface area contributed by atoms with Crippen LogP contribution in [0.5, 0.6) is 0 Å². The highest BCUT2D eigenvalue weighted by Gasteiger charge is 2.18. The van der Waals surface area contributed by atoms with Crippen molar-refractivity contribution in [2.75, 3.05) is 5.32 Å². The number of nitrogens with zero attached hydrogens (tertiary/aromatic N) is 2. The summed E-state index contributed by atoms with van der Waals surface area (Å²) in [5, 5.41) is 2.94. The number of rotatable bonds is 3. The van der Waals surface area contributed by atoms with Gasteiger partial charge in [-0.25, -0.2) is 9.37 Å². The first-order valence-electron chi connectivity index (χ1n) is 8.33. The van der Waals surface area contributed by atoms with Crippen molar-refractivity contribution in [1.82, 2.24) is 9.38 Å². The van der Waals surface area contributed by atoms with E-state index < -0.39 is 5.82 Å². The Morgan fingerprint density at radius 3 is 2.63 bits per heavy atom. The monoisotopic (exact) mass is 423 g/mol. The Kier molecular flexibility index (Phi) is 4.49. The van der Waals surface area contributed by atoms with Crippen LogP contribution in [0.15, 0.2) is 71.3 Å². The molecule has 0 saturated heterocycles. The maximum absolute atomic E-state index is 13.4. The van der Waals surface area contributed by atoms with Crippen molar-refractivity contribution in [2.45, 2.75) is 6.92 Å². The highest BCUT2D eigenvalue weighted by atomic mass is 79.9. The van der Waals surface area contributed by atoms with Crippen molar-refractivity contribution >= 4 is 33.3 Å². The van der Waals surface area contributed by atoms with Crippen LogP contribution in [0.25, 0.3) is 16.9 Å². The Balaban J connectivity index is 1.84. The fraction of sp³-hybridized carbons (Fsp3) is 0.0476. The highest BCUT2D eigenvalue weighted by Crippen LogP contribution is 2.30. The van der Waals surface area contributed by atoms with Gasteiger partial charge in [0, 0.05) is 16.2 Å². The normalized spacial score (nSPS) is 10.9. The Morgan fingerprint density at radius 1 is 1.11 bits per heavy atom. The van der Waals surface area contributed by atoms with Crippen LogP contribution in [0.3, 0.4) is 0 Å². The molecule has 2 aromatic carbocycles. The summed E-state index contributed by atoms with van der Waals surface area (Å²) in [4.78, 5) is 17.5. The summed E-state index contributed by atoms with van der Waals surface area (Å²) in [5.74, 6) is -0.183. The minimum atomic E-state index is -0.408. The number of benzene rings is 2. The first-order chi connectivity index (χ1) is 13.0. The molecule has 0 radical (unpaired) electrons. The topological polar surface area (TPSA) is 46.4 Å². The number of hydrogen-bond acceptors (Lipinski definition) is 2. The van der Waals surface area contributed by atoms with Gasteiger partial charge in [-0.15, -0.1) is 0 Å². The van der Waals surface area contributed by atoms with E-state index in [2.05, 4.69) is 26.2 Å². The number of carbonyl (C=O) groups is 1. The molecule has 0 bridgehead atoms. The maximum Gasteiger partial charge on any atom is 0.257 e. The van der Waals surface area contributed by atoms with Gasteiger partial charge in [-0.2, -0.15) is 0 Å². The number of hydrogen-bond donors (Lipinski definition) is 1. The Hall–Kier alpha value is -2.99. The average Bonchev–Trinajstić information content (AvgIpc) is 3.00. The number of halogens is 2. The molecule has 0 unspecified atom stereocenters. The van der Waals surface area contributed by atoms with E-state index in [9.17, 15) is 9.18 Å². The minimum absolute atomic E-state index is 0.345. The SMILES string of the molecule is Cc1ccc2nc(-c3ccccc3)c(NC(=O)c3ccc(F)cc3Br)n2c1. The average molecular weight is 424 g/mol. The molecule has 2 heterocycles. The van der Waals surface area contributed by atoms with Gasteiger partial charge in [0.25, 0.3) is 5.91 Å². The third kappa shape index (κ3) is 3.36. The van der Waals surface area contributed by atoms with Gasteiger partial charge >= 0.3 is 0 Å². The number of anilines is 1. The number of nitrogens with one attached hydrogen (secondary N) is 1. The van der Waals surface area contributed by atoms with Gasteiger partial charge in [0.2, 0.25) is 0 Å². The van der Waals surface area contributed by atoms with Crippen molar-refractivity contribution in [3.8, 4) is 11.3 Å². The zero-order chi connectivity index (χ0) is 19.0. The molecule has 1 N–H and O–H groups in total. The molecular weight excluding hydrogens is 409 g/mol. The van der Waals surface area contributed by atoms with Crippen molar-refractivity contribution in [2.24, 2.45) is 0 Å². The van der Waals surface area contributed by atoms with E-state index in [4.69, 9.17) is 0 Å². The van der Waals surface area contributed by atoms with E-state index >= 15 is 0 Å². The van der Waals surface area contributed by atoms with E-state index in [1.165, 1.54) is 18.2 Å². The largest absolute Gasteiger partial charge is 0.306 e. The molecule has 0 aliphatic carbocycles. The first kappa shape index (κ1) is 17.4. The molecule has 2 aromatic heterocycles. The van der Waals surface area contributed by atoms with Crippen LogP contribution < -0.4 is 5.32 Å². The van der Waals surface area contributed by atoms with Crippen LogP contribution in [-0.2, 0) is 0 Å². The molecule has 0 atom stereocenters. The second-order valence-electron chi connectivity index (χ2n) is 6.19. The zero-order valence-corrected chi connectivity index (χ0v) is 16.0. The van der Waals surface area contributed by atoms with Gasteiger partial charge in [0.1, 0.15) is 23.0 Å². The van der Waals surface area contributed by atoms with E-state index in [-0.39, 0.29) is 5.91 Å². The molecule has 0 saturated carbocycles. The predicted molar refractivity (Wildman–Crippen MR) is 107 cm³/mol. The van der Waals surface area contributed by atoms with Crippen molar-refractivity contribution in [3.05, 3.63) is 88.3 Å². The predicted octanol–water partition coefficient (Wildman–Crippen LogP) is 5.46. The summed E-state index contributed by atoms with van der Waals surface area (Å²) >= 11 is 3.25. The van der Waals surface area contributed by atoms with Gasteiger partial charge in [0.05, 0.1) is 5.56 Å². The summed E-state index contributed by atoms with van der Waals surface area (Å²) in [5.41, 5.74) is 3.68. The van der Waals surface area contributed by atoms with Crippen LogP contribution >= 0.6 is 15.9 Å². The van der Waals surface area contributed by atoms with E-state index in [1.54, 1.807) is 0 Å². The van der Waals surface area contributed by atoms with Gasteiger partial charge in [0.15, 0.2) is 0 Å². The molecule has 6 heteroatoms. The van der Waals surface area contributed by atoms with Crippen molar-refractivity contribution in [3.63, 3.8) is 0 Å². The summed E-state index contributed by atoms with van der Waals surface area (Å²) in [7, 11) is 0. The number of aryl methyl sites for hydroxylation is 1. The van der Waals surface area contributed by atoms with Gasteiger partial charge in [-0.3, -0.25) is 9.20 Å². The molecular formula is C21H15BrFN3O. The van der Waals surface area contributed by atoms with Gasteiger partial charge in [-0.05, 0) is 52.7 Å². The zero-order valence-electron chi connectivity index (χ0n) is 14.4. The second-order valence-corrected chi connectivity index (χ2v) is 7.04. The lowest BCUT2D eigenvalue weighted by Gasteiger charge is -2.09. The van der Waals surface area contributed by atoms with Crippen LogP contribution in [0, 0.1) is 12.7 Å². The van der Waals surface area contributed by atoms with Crippen LogP contribution in [0.4, 0.5) is 10.2 Å². The quantitative estimate of drug-likeness (QED) is 0.475. The summed E-state index contributed by atoms with van der Waals surface area (Å²) in [6.07, 6.45) is 1.92. The number of carbonyl (C=O) groups excluding carboxylic acids is 1. The standard InChI is InChI=1S/C21H15BrFN3O/c1-13-7-10-18-24-19(14-5-3-2-4-6-14)20(26(18)12-13)25-21(27)16-9-8-15(23)11-17(16)22/h2-12H,1H3,(H,25,27). The number of amides is 1. The third-order valence-electron chi connectivity index (χ3n) is 4.22. The molecule has 1 amide bonds. The van der Waals surface area contributed by atoms with Crippen molar-refractivity contribution in [1.29, 1.82) is 0 Å². The van der Waals surface area contributed by atoms with Crippen LogP contribution in [0.1, 0.15) is 15.9 Å². The lowest BCUT2D eigenvalue weighted by Crippen LogP contribution is -2.15. The maximum atomic E-state index is 13.4. The lowest BCUT2D eigenvalue weighted by atomic mass is 10.1. The fourth-order valence-electron chi connectivity index (χ4n) is 2.92. The smallest absolute Gasteiger partial charge is 0.257 e. The third-order valence-corrected chi connectivity index (χ3v) is 4.88. The van der Waals surface area contributed by atoms with Crippen molar-refractivity contribution < 1.29 is 9.18 Å². The second kappa shape index (κ2) is 6.96. The molecule has 0 aliphatic rings. The Bertz CT molecular complexity index is 1160. The molecule has 0 fully saturated rings. The van der Waals surface area contributed by atoms with Crippen LogP contribution in [-0.4, -0.2) is 15.3 Å². The molecule has 134 valence electrons. The molecule has 4 aromatic rings. The van der Waals surface area contributed by atoms with Gasteiger partial charge in [-0.1, -0.05) is 36.4 Å². The first-order valence-corrected chi connectivity index (χ1v) is 9.13. The number of pyridine rings is 1. The van der Waals surface area contributed by atoms with E-state index in [0.717, 1.165) is 16.8 Å². The Labute approximate surface area is 163 Å². The molecule has 4 nitrogen and oxygen atoms in total. The summed E-state index contributed by atoms with van der Waals surface area (Å²) < 4.78 is 15.6. The molecule has 4 rings (SSSR count). The van der Waals surface area contributed by atoms with E-state index in [0.29, 0.717) is 21.5 Å². The minimum Gasteiger partial charge on any atom is -0.306 e. The lowest BCUT2D eigenvalue weighted by molar-refractivity contribution is 0.102. The highest BCUT2D eigenvalue weighted by molar-refractivity contribution is 9.10. The summed E-state index contributed by atoms with van der Waals surface area (Å²) in [6.45, 7) is 1.98.